The predicted octanol–water partition coefficient (Wildman–Crippen LogP) is 2.96. The Balaban J connectivity index is 2.65. The summed E-state index contributed by atoms with van der Waals surface area (Å²) in [6.07, 6.45) is 0.677. The van der Waals surface area contributed by atoms with Crippen molar-refractivity contribution < 1.29 is 4.39 Å². The van der Waals surface area contributed by atoms with Gasteiger partial charge in [0, 0.05) is 31.6 Å². The summed E-state index contributed by atoms with van der Waals surface area (Å²) in [5, 5.41) is 0. The number of nitrogens with zero attached hydrogens (tertiary/aromatic N) is 1. The molecule has 0 aromatic heterocycles. The molecule has 18 heavy (non-hydrogen) atoms. The third kappa shape index (κ3) is 5.56. The highest BCUT2D eigenvalue weighted by molar-refractivity contribution is 7.80. The van der Waals surface area contributed by atoms with Gasteiger partial charge in [0.15, 0.2) is 0 Å². The van der Waals surface area contributed by atoms with Crippen LogP contribution in [0.5, 0.6) is 0 Å². The SMILES string of the molecule is CC(C)CN(CCC(N)=S)Cc1ccccc1F. The molecule has 0 heterocycles. The molecule has 2 nitrogen and oxygen atoms in total. The average molecular weight is 268 g/mol. The maximum Gasteiger partial charge on any atom is 0.127 e. The van der Waals surface area contributed by atoms with Crippen LogP contribution in [0.3, 0.4) is 0 Å². The molecule has 1 aromatic carbocycles. The summed E-state index contributed by atoms with van der Waals surface area (Å²) in [5.41, 5.74) is 6.25. The molecule has 0 aliphatic heterocycles. The lowest BCUT2D eigenvalue weighted by atomic mass is 10.1. The number of halogens is 1. The van der Waals surface area contributed by atoms with Gasteiger partial charge in [0.05, 0.1) is 4.99 Å². The Morgan fingerprint density at radius 1 is 1.39 bits per heavy atom. The molecule has 0 saturated carbocycles. The molecule has 0 aliphatic carbocycles. The standard InChI is InChI=1S/C14H21FN2S/c1-11(2)9-17(8-7-14(16)18)10-12-5-3-4-6-13(12)15/h3-6,11H,7-10H2,1-2H3,(H2,16,18). The minimum atomic E-state index is -0.151. The summed E-state index contributed by atoms with van der Waals surface area (Å²) in [6, 6.07) is 6.89. The van der Waals surface area contributed by atoms with E-state index in [9.17, 15) is 4.39 Å². The number of hydrogen-bond acceptors (Lipinski definition) is 2. The molecule has 0 spiro atoms. The van der Waals surface area contributed by atoms with Gasteiger partial charge >= 0.3 is 0 Å². The first-order valence-corrected chi connectivity index (χ1v) is 6.64. The molecule has 0 unspecified atom stereocenters. The summed E-state index contributed by atoms with van der Waals surface area (Å²) < 4.78 is 13.6. The van der Waals surface area contributed by atoms with Gasteiger partial charge in [-0.1, -0.05) is 44.3 Å². The van der Waals surface area contributed by atoms with Gasteiger partial charge in [-0.3, -0.25) is 4.90 Å². The monoisotopic (exact) mass is 268 g/mol. The van der Waals surface area contributed by atoms with E-state index < -0.39 is 0 Å². The predicted molar refractivity (Wildman–Crippen MR) is 77.9 cm³/mol. The second kappa shape index (κ2) is 7.44. The van der Waals surface area contributed by atoms with Gasteiger partial charge in [-0.15, -0.1) is 0 Å². The Kier molecular flexibility index (Phi) is 6.22. The quantitative estimate of drug-likeness (QED) is 0.771. The molecule has 0 saturated heterocycles. The zero-order chi connectivity index (χ0) is 13.5. The van der Waals surface area contributed by atoms with E-state index >= 15 is 0 Å². The summed E-state index contributed by atoms with van der Waals surface area (Å²) in [4.78, 5) is 2.71. The van der Waals surface area contributed by atoms with Crippen molar-refractivity contribution in [2.45, 2.75) is 26.8 Å². The lowest BCUT2D eigenvalue weighted by Crippen LogP contribution is -2.31. The number of nitrogens with two attached hydrogens (primary N) is 1. The Morgan fingerprint density at radius 3 is 2.61 bits per heavy atom. The van der Waals surface area contributed by atoms with Crippen LogP contribution in [0, 0.1) is 11.7 Å². The molecular formula is C14H21FN2S. The number of hydrogen-bond donors (Lipinski definition) is 1. The van der Waals surface area contributed by atoms with Crippen molar-refractivity contribution in [1.82, 2.24) is 4.90 Å². The zero-order valence-electron chi connectivity index (χ0n) is 11.0. The van der Waals surface area contributed by atoms with Crippen LogP contribution in [-0.4, -0.2) is 23.0 Å². The van der Waals surface area contributed by atoms with Crippen LogP contribution in [0.2, 0.25) is 0 Å². The first-order chi connectivity index (χ1) is 8.49. The van der Waals surface area contributed by atoms with E-state index in [-0.39, 0.29) is 5.82 Å². The van der Waals surface area contributed by atoms with Crippen LogP contribution in [-0.2, 0) is 6.54 Å². The van der Waals surface area contributed by atoms with Crippen LogP contribution in [0.15, 0.2) is 24.3 Å². The van der Waals surface area contributed by atoms with Crippen LogP contribution < -0.4 is 5.73 Å². The maximum atomic E-state index is 13.6. The van der Waals surface area contributed by atoms with E-state index in [0.29, 0.717) is 23.9 Å². The molecule has 4 heteroatoms. The van der Waals surface area contributed by atoms with Gasteiger partial charge in [-0.05, 0) is 12.0 Å². The molecule has 1 rings (SSSR count). The van der Waals surface area contributed by atoms with Gasteiger partial charge in [0.1, 0.15) is 5.82 Å². The van der Waals surface area contributed by atoms with Crippen molar-refractivity contribution in [3.8, 4) is 0 Å². The van der Waals surface area contributed by atoms with Crippen molar-refractivity contribution in [1.29, 1.82) is 0 Å². The number of thiocarbonyl (C=S) groups is 1. The first-order valence-electron chi connectivity index (χ1n) is 6.23. The second-order valence-electron chi connectivity index (χ2n) is 4.94. The van der Waals surface area contributed by atoms with Gasteiger partial charge in [0.25, 0.3) is 0 Å². The average Bonchev–Trinajstić information content (AvgIpc) is 2.28. The largest absolute Gasteiger partial charge is 0.393 e. The third-order valence-electron chi connectivity index (χ3n) is 2.65. The summed E-state index contributed by atoms with van der Waals surface area (Å²) in [6.45, 7) is 6.59. The highest BCUT2D eigenvalue weighted by atomic mass is 32.1. The minimum Gasteiger partial charge on any atom is -0.393 e. The van der Waals surface area contributed by atoms with Gasteiger partial charge in [-0.25, -0.2) is 4.39 Å². The van der Waals surface area contributed by atoms with E-state index in [2.05, 4.69) is 18.7 Å². The van der Waals surface area contributed by atoms with Crippen molar-refractivity contribution in [2.24, 2.45) is 11.7 Å². The fourth-order valence-corrected chi connectivity index (χ4v) is 1.98. The molecule has 0 atom stereocenters. The molecule has 0 fully saturated rings. The van der Waals surface area contributed by atoms with Crippen molar-refractivity contribution in [2.75, 3.05) is 13.1 Å². The molecule has 0 radical (unpaired) electrons. The van der Waals surface area contributed by atoms with Gasteiger partial charge in [0.2, 0.25) is 0 Å². The fourth-order valence-electron chi connectivity index (χ4n) is 1.89. The highest BCUT2D eigenvalue weighted by Crippen LogP contribution is 2.11. The Bertz CT molecular complexity index is 393. The van der Waals surface area contributed by atoms with E-state index in [1.807, 2.05) is 12.1 Å². The third-order valence-corrected chi connectivity index (χ3v) is 2.85. The van der Waals surface area contributed by atoms with Crippen LogP contribution in [0.25, 0.3) is 0 Å². The van der Waals surface area contributed by atoms with Crippen molar-refractivity contribution >= 4 is 17.2 Å². The smallest absolute Gasteiger partial charge is 0.127 e. The van der Waals surface area contributed by atoms with Gasteiger partial charge < -0.3 is 5.73 Å². The molecular weight excluding hydrogens is 247 g/mol. The van der Waals surface area contributed by atoms with Crippen LogP contribution in [0.4, 0.5) is 4.39 Å². The van der Waals surface area contributed by atoms with E-state index in [1.165, 1.54) is 6.07 Å². The molecule has 0 bridgehead atoms. The number of benzene rings is 1. The fraction of sp³-hybridized carbons (Fsp3) is 0.500. The topological polar surface area (TPSA) is 29.3 Å². The number of rotatable bonds is 7. The molecule has 0 amide bonds. The van der Waals surface area contributed by atoms with E-state index in [4.69, 9.17) is 18.0 Å². The van der Waals surface area contributed by atoms with Crippen LogP contribution in [0.1, 0.15) is 25.8 Å². The highest BCUT2D eigenvalue weighted by Gasteiger charge is 2.11. The first kappa shape index (κ1) is 15.1. The second-order valence-corrected chi connectivity index (χ2v) is 5.46. The minimum absolute atomic E-state index is 0.151. The van der Waals surface area contributed by atoms with Gasteiger partial charge in [-0.2, -0.15) is 0 Å². The summed E-state index contributed by atoms with van der Waals surface area (Å²) in [5.74, 6) is 0.379. The summed E-state index contributed by atoms with van der Waals surface area (Å²) in [7, 11) is 0. The Morgan fingerprint density at radius 2 is 2.06 bits per heavy atom. The molecule has 100 valence electrons. The molecule has 1 aromatic rings. The van der Waals surface area contributed by atoms with Crippen molar-refractivity contribution in [3.63, 3.8) is 0 Å². The molecule has 2 N–H and O–H groups in total. The Labute approximate surface area is 114 Å². The van der Waals surface area contributed by atoms with Crippen LogP contribution >= 0.6 is 12.2 Å². The normalized spacial score (nSPS) is 11.2. The molecule has 0 aliphatic rings. The lowest BCUT2D eigenvalue weighted by Gasteiger charge is -2.24. The zero-order valence-corrected chi connectivity index (χ0v) is 11.8. The lowest BCUT2D eigenvalue weighted by molar-refractivity contribution is 0.239. The summed E-state index contributed by atoms with van der Waals surface area (Å²) >= 11 is 4.89. The maximum absolute atomic E-state index is 13.6. The van der Waals surface area contributed by atoms with E-state index in [0.717, 1.165) is 18.7 Å². The van der Waals surface area contributed by atoms with Crippen molar-refractivity contribution in [3.05, 3.63) is 35.6 Å². The van der Waals surface area contributed by atoms with E-state index in [1.54, 1.807) is 6.07 Å². The Hall–Kier alpha value is -1.00.